The summed E-state index contributed by atoms with van der Waals surface area (Å²) < 4.78 is 0.744. The number of nitro groups is 1. The quantitative estimate of drug-likeness (QED) is 0.644. The van der Waals surface area contributed by atoms with Gasteiger partial charge in [0.1, 0.15) is 0 Å². The minimum atomic E-state index is -0.370. The lowest BCUT2D eigenvalue weighted by Crippen LogP contribution is -2.26. The average molecular weight is 301 g/mol. The maximum atomic E-state index is 10.7. The van der Waals surface area contributed by atoms with Gasteiger partial charge in [0.2, 0.25) is 0 Å². The molecule has 17 heavy (non-hydrogen) atoms. The molecule has 0 aliphatic carbocycles. The predicted octanol–water partition coefficient (Wildman–Crippen LogP) is 3.64. The van der Waals surface area contributed by atoms with Crippen LogP contribution in [0.1, 0.15) is 32.3 Å². The minimum Gasteiger partial charge on any atom is -0.310 e. The van der Waals surface area contributed by atoms with Gasteiger partial charge in [0.05, 0.1) is 4.92 Å². The average Bonchev–Trinajstić information content (AvgIpc) is 2.29. The van der Waals surface area contributed by atoms with E-state index < -0.39 is 0 Å². The molecule has 5 heteroatoms. The molecular weight excluding hydrogens is 284 g/mol. The molecule has 1 aromatic carbocycles. The van der Waals surface area contributed by atoms with E-state index in [2.05, 4.69) is 35.1 Å². The van der Waals surface area contributed by atoms with Gasteiger partial charge in [-0.15, -0.1) is 0 Å². The fourth-order valence-corrected chi connectivity index (χ4v) is 2.21. The van der Waals surface area contributed by atoms with Crippen LogP contribution in [-0.4, -0.2) is 11.0 Å². The Morgan fingerprint density at radius 2 is 2.00 bits per heavy atom. The highest BCUT2D eigenvalue weighted by molar-refractivity contribution is 9.10. The van der Waals surface area contributed by atoms with E-state index in [0.29, 0.717) is 12.6 Å². The lowest BCUT2D eigenvalue weighted by atomic mass is 10.1. The summed E-state index contributed by atoms with van der Waals surface area (Å²) in [5, 5.41) is 14.1. The van der Waals surface area contributed by atoms with E-state index in [-0.39, 0.29) is 10.6 Å². The highest BCUT2D eigenvalue weighted by Gasteiger charge is 2.09. The van der Waals surface area contributed by atoms with Gasteiger partial charge >= 0.3 is 0 Å². The van der Waals surface area contributed by atoms with E-state index >= 15 is 0 Å². The van der Waals surface area contributed by atoms with Crippen molar-refractivity contribution in [2.45, 2.75) is 39.3 Å². The zero-order valence-corrected chi connectivity index (χ0v) is 11.7. The van der Waals surface area contributed by atoms with Gasteiger partial charge in [-0.3, -0.25) is 10.1 Å². The Balaban J connectivity index is 2.74. The molecule has 0 bridgehead atoms. The topological polar surface area (TPSA) is 55.2 Å². The number of non-ortho nitro benzene ring substituents is 1. The van der Waals surface area contributed by atoms with Gasteiger partial charge in [0, 0.05) is 29.2 Å². The van der Waals surface area contributed by atoms with Crippen LogP contribution >= 0.6 is 15.9 Å². The van der Waals surface area contributed by atoms with Gasteiger partial charge in [0.15, 0.2) is 0 Å². The SMILES string of the molecule is CCC(CC)NCc1cc(Br)cc([N+](=O)[O-])c1. The molecule has 0 aliphatic rings. The zero-order valence-electron chi connectivity index (χ0n) is 10.1. The molecule has 0 aromatic heterocycles. The maximum Gasteiger partial charge on any atom is 0.270 e. The fraction of sp³-hybridized carbons (Fsp3) is 0.500. The third kappa shape index (κ3) is 4.44. The number of nitrogens with zero attached hydrogens (tertiary/aromatic N) is 1. The van der Waals surface area contributed by atoms with Crippen LogP contribution in [0.3, 0.4) is 0 Å². The fourth-order valence-electron chi connectivity index (χ4n) is 1.68. The van der Waals surface area contributed by atoms with Crippen molar-refractivity contribution in [3.63, 3.8) is 0 Å². The normalized spacial score (nSPS) is 10.8. The van der Waals surface area contributed by atoms with Crippen LogP contribution in [0.4, 0.5) is 5.69 Å². The molecule has 1 N–H and O–H groups in total. The summed E-state index contributed by atoms with van der Waals surface area (Å²) in [6.07, 6.45) is 2.12. The Morgan fingerprint density at radius 3 is 2.53 bits per heavy atom. The summed E-state index contributed by atoms with van der Waals surface area (Å²) in [6.45, 7) is 4.92. The van der Waals surface area contributed by atoms with Crippen molar-refractivity contribution in [3.05, 3.63) is 38.3 Å². The number of nitrogens with one attached hydrogen (secondary N) is 1. The van der Waals surface area contributed by atoms with Gasteiger partial charge in [0.25, 0.3) is 5.69 Å². The van der Waals surface area contributed by atoms with Crippen molar-refractivity contribution in [3.8, 4) is 0 Å². The molecule has 0 spiro atoms. The second-order valence-electron chi connectivity index (χ2n) is 3.97. The summed E-state index contributed by atoms with van der Waals surface area (Å²) in [5.41, 5.74) is 1.05. The van der Waals surface area contributed by atoms with Crippen molar-refractivity contribution < 1.29 is 4.92 Å². The van der Waals surface area contributed by atoms with Crippen LogP contribution in [0, 0.1) is 10.1 Å². The first-order valence-corrected chi connectivity index (χ1v) is 6.53. The predicted molar refractivity (Wildman–Crippen MR) is 72.0 cm³/mol. The Morgan fingerprint density at radius 1 is 1.35 bits per heavy atom. The van der Waals surface area contributed by atoms with Crippen molar-refractivity contribution in [1.82, 2.24) is 5.32 Å². The smallest absolute Gasteiger partial charge is 0.270 e. The molecule has 0 heterocycles. The second kappa shape index (κ2) is 6.71. The summed E-state index contributed by atoms with van der Waals surface area (Å²) in [4.78, 5) is 10.4. The molecule has 94 valence electrons. The van der Waals surface area contributed by atoms with E-state index in [1.165, 1.54) is 6.07 Å². The minimum absolute atomic E-state index is 0.126. The van der Waals surface area contributed by atoms with Crippen LogP contribution in [0.25, 0.3) is 0 Å². The summed E-state index contributed by atoms with van der Waals surface area (Å²) in [6, 6.07) is 5.50. The summed E-state index contributed by atoms with van der Waals surface area (Å²) >= 11 is 3.29. The van der Waals surface area contributed by atoms with Crippen molar-refractivity contribution in [1.29, 1.82) is 0 Å². The third-order valence-electron chi connectivity index (χ3n) is 2.73. The molecule has 0 atom stereocenters. The van der Waals surface area contributed by atoms with Gasteiger partial charge < -0.3 is 5.32 Å². The standard InChI is InChI=1S/C12H17BrN2O2/c1-3-11(4-2)14-8-9-5-10(13)7-12(6-9)15(16)17/h5-7,11,14H,3-4,8H2,1-2H3. The molecule has 1 aromatic rings. The molecule has 0 saturated carbocycles. The number of benzene rings is 1. The van der Waals surface area contributed by atoms with E-state index in [1.54, 1.807) is 6.07 Å². The molecule has 4 nitrogen and oxygen atoms in total. The highest BCUT2D eigenvalue weighted by Crippen LogP contribution is 2.21. The number of nitro benzene ring substituents is 1. The number of halogens is 1. The van der Waals surface area contributed by atoms with Crippen LogP contribution < -0.4 is 5.32 Å². The summed E-state index contributed by atoms with van der Waals surface area (Å²) in [5.74, 6) is 0. The molecule has 0 saturated heterocycles. The first-order valence-electron chi connectivity index (χ1n) is 5.74. The molecule has 1 rings (SSSR count). The van der Waals surface area contributed by atoms with Crippen molar-refractivity contribution in [2.75, 3.05) is 0 Å². The van der Waals surface area contributed by atoms with Crippen molar-refractivity contribution >= 4 is 21.6 Å². The van der Waals surface area contributed by atoms with Crippen LogP contribution in [0.15, 0.2) is 22.7 Å². The van der Waals surface area contributed by atoms with E-state index in [4.69, 9.17) is 0 Å². The number of hydrogen-bond donors (Lipinski definition) is 1. The Labute approximate surface area is 110 Å². The molecule has 0 aliphatic heterocycles. The monoisotopic (exact) mass is 300 g/mol. The van der Waals surface area contributed by atoms with Gasteiger partial charge in [-0.05, 0) is 24.5 Å². The van der Waals surface area contributed by atoms with E-state index in [1.807, 2.05) is 6.07 Å². The van der Waals surface area contributed by atoms with Crippen LogP contribution in [0.5, 0.6) is 0 Å². The second-order valence-corrected chi connectivity index (χ2v) is 4.88. The lowest BCUT2D eigenvalue weighted by molar-refractivity contribution is -0.385. The first-order chi connectivity index (χ1) is 8.06. The maximum absolute atomic E-state index is 10.7. The summed E-state index contributed by atoms with van der Waals surface area (Å²) in [7, 11) is 0. The molecule has 0 fully saturated rings. The lowest BCUT2D eigenvalue weighted by Gasteiger charge is -2.14. The van der Waals surface area contributed by atoms with Gasteiger partial charge in [-0.25, -0.2) is 0 Å². The van der Waals surface area contributed by atoms with E-state index in [0.717, 1.165) is 22.9 Å². The van der Waals surface area contributed by atoms with E-state index in [9.17, 15) is 10.1 Å². The molecule has 0 amide bonds. The van der Waals surface area contributed by atoms with Crippen LogP contribution in [0.2, 0.25) is 0 Å². The third-order valence-corrected chi connectivity index (χ3v) is 3.19. The largest absolute Gasteiger partial charge is 0.310 e. The Hall–Kier alpha value is -0.940. The van der Waals surface area contributed by atoms with Crippen molar-refractivity contribution in [2.24, 2.45) is 0 Å². The highest BCUT2D eigenvalue weighted by atomic mass is 79.9. The molecule has 0 unspecified atom stereocenters. The molecular formula is C12H17BrN2O2. The Kier molecular flexibility index (Phi) is 5.58. The van der Waals surface area contributed by atoms with Gasteiger partial charge in [-0.1, -0.05) is 29.8 Å². The molecule has 0 radical (unpaired) electrons. The van der Waals surface area contributed by atoms with Gasteiger partial charge in [-0.2, -0.15) is 0 Å². The Bertz CT molecular complexity index is 392. The first kappa shape index (κ1) is 14.1. The van der Waals surface area contributed by atoms with Crippen LogP contribution in [-0.2, 0) is 6.54 Å². The number of hydrogen-bond acceptors (Lipinski definition) is 3. The number of rotatable bonds is 6. The zero-order chi connectivity index (χ0) is 12.8.